The number of nitrogens with zero attached hydrogens (tertiary/aromatic N) is 1. The van der Waals surface area contributed by atoms with Crippen LogP contribution in [-0.2, 0) is 0 Å². The lowest BCUT2D eigenvalue weighted by Gasteiger charge is -2.15. The fourth-order valence-corrected chi connectivity index (χ4v) is 3.97. The van der Waals surface area contributed by atoms with E-state index in [0.29, 0.717) is 5.92 Å². The maximum absolute atomic E-state index is 4.10. The van der Waals surface area contributed by atoms with Gasteiger partial charge < -0.3 is 4.57 Å². The quantitative estimate of drug-likeness (QED) is 0.537. The van der Waals surface area contributed by atoms with E-state index < -0.39 is 0 Å². The highest BCUT2D eigenvalue weighted by atomic mass is 15.0. The van der Waals surface area contributed by atoms with Crippen molar-refractivity contribution in [1.29, 1.82) is 0 Å². The van der Waals surface area contributed by atoms with Crippen molar-refractivity contribution in [2.45, 2.75) is 19.8 Å². The van der Waals surface area contributed by atoms with Gasteiger partial charge in [0.1, 0.15) is 0 Å². The fraction of sp³-hybridized carbons (Fsp3) is 0.130. The molecule has 1 aliphatic carbocycles. The number of rotatable bonds is 3. The molecule has 0 spiro atoms. The highest BCUT2D eigenvalue weighted by Gasteiger charge is 2.32. The number of hydrogen-bond donors (Lipinski definition) is 0. The number of hydrogen-bond acceptors (Lipinski definition) is 0. The van der Waals surface area contributed by atoms with Gasteiger partial charge in [0.25, 0.3) is 0 Å². The lowest BCUT2D eigenvalue weighted by Crippen LogP contribution is -2.03. The molecule has 1 aliphatic rings. The van der Waals surface area contributed by atoms with Crippen molar-refractivity contribution in [3.05, 3.63) is 96.2 Å². The van der Waals surface area contributed by atoms with E-state index in [1.807, 2.05) is 6.08 Å². The van der Waals surface area contributed by atoms with E-state index in [2.05, 4.69) is 91.7 Å². The van der Waals surface area contributed by atoms with Gasteiger partial charge in [-0.2, -0.15) is 0 Å². The minimum absolute atomic E-state index is 0.344. The van der Waals surface area contributed by atoms with Crippen LogP contribution in [0.25, 0.3) is 22.2 Å². The normalized spacial score (nSPS) is 17.0. The zero-order valence-electron chi connectivity index (χ0n) is 14.2. The molecule has 118 valence electrons. The van der Waals surface area contributed by atoms with E-state index in [1.54, 1.807) is 0 Å². The van der Waals surface area contributed by atoms with Crippen LogP contribution >= 0.6 is 0 Å². The number of benzene rings is 2. The summed E-state index contributed by atoms with van der Waals surface area (Å²) in [5, 5.41) is 1.30. The summed E-state index contributed by atoms with van der Waals surface area (Å²) in [6.07, 6.45) is 6.36. The highest BCUT2D eigenvalue weighted by molar-refractivity contribution is 6.02. The zero-order chi connectivity index (χ0) is 16.7. The summed E-state index contributed by atoms with van der Waals surface area (Å²) >= 11 is 0. The predicted molar refractivity (Wildman–Crippen MR) is 104 cm³/mol. The molecule has 1 heterocycles. The van der Waals surface area contributed by atoms with Gasteiger partial charge in [-0.1, -0.05) is 68.1 Å². The van der Waals surface area contributed by atoms with Crippen LogP contribution in [0.5, 0.6) is 0 Å². The topological polar surface area (TPSA) is 4.93 Å². The molecule has 0 N–H and O–H groups in total. The number of aromatic nitrogens is 1. The van der Waals surface area contributed by atoms with Gasteiger partial charge in [-0.3, -0.25) is 0 Å². The van der Waals surface area contributed by atoms with Crippen molar-refractivity contribution in [2.75, 3.05) is 0 Å². The van der Waals surface area contributed by atoms with Gasteiger partial charge in [-0.15, -0.1) is 0 Å². The monoisotopic (exact) mass is 311 g/mol. The minimum atomic E-state index is 0.344. The minimum Gasteiger partial charge on any atom is -0.312 e. The van der Waals surface area contributed by atoms with Gasteiger partial charge in [-0.05, 0) is 36.3 Å². The van der Waals surface area contributed by atoms with Gasteiger partial charge in [0.05, 0.1) is 5.52 Å². The lowest BCUT2D eigenvalue weighted by molar-refractivity contribution is 0.855. The molecule has 1 aromatic heterocycles. The number of fused-ring (bicyclic) bond motifs is 3. The van der Waals surface area contributed by atoms with Crippen LogP contribution in [0.3, 0.4) is 0 Å². The van der Waals surface area contributed by atoms with Crippen LogP contribution in [0.2, 0.25) is 0 Å². The van der Waals surface area contributed by atoms with Crippen molar-refractivity contribution < 1.29 is 0 Å². The second kappa shape index (κ2) is 5.68. The Balaban J connectivity index is 2.13. The Morgan fingerprint density at radius 3 is 2.42 bits per heavy atom. The Morgan fingerprint density at radius 2 is 1.71 bits per heavy atom. The van der Waals surface area contributed by atoms with Crippen LogP contribution in [0.15, 0.2) is 85.0 Å². The third-order valence-electron chi connectivity index (χ3n) is 4.93. The molecule has 1 atom stereocenters. The fourth-order valence-electron chi connectivity index (χ4n) is 3.97. The van der Waals surface area contributed by atoms with E-state index >= 15 is 0 Å². The molecule has 4 rings (SSSR count). The SMILES string of the molecule is C=CC1=C(/C=C\C)C(C)c2c1c1ccccc1n2-c1ccccc1. The largest absolute Gasteiger partial charge is 0.312 e. The van der Waals surface area contributed by atoms with Gasteiger partial charge in [-0.25, -0.2) is 0 Å². The van der Waals surface area contributed by atoms with Crippen molar-refractivity contribution in [1.82, 2.24) is 4.57 Å². The zero-order valence-corrected chi connectivity index (χ0v) is 14.2. The molecule has 0 bridgehead atoms. The van der Waals surface area contributed by atoms with Gasteiger partial charge >= 0.3 is 0 Å². The molecule has 0 radical (unpaired) electrons. The van der Waals surface area contributed by atoms with Gasteiger partial charge in [0.2, 0.25) is 0 Å². The number of para-hydroxylation sites is 2. The molecule has 24 heavy (non-hydrogen) atoms. The summed E-state index contributed by atoms with van der Waals surface area (Å²) in [5.74, 6) is 0.344. The number of allylic oxidation sites excluding steroid dienone is 5. The van der Waals surface area contributed by atoms with Crippen molar-refractivity contribution in [3.8, 4) is 5.69 Å². The predicted octanol–water partition coefficient (Wildman–Crippen LogP) is 6.26. The summed E-state index contributed by atoms with van der Waals surface area (Å²) in [7, 11) is 0. The van der Waals surface area contributed by atoms with E-state index in [-0.39, 0.29) is 0 Å². The Hall–Kier alpha value is -2.80. The first-order valence-electron chi connectivity index (χ1n) is 8.46. The average molecular weight is 311 g/mol. The maximum Gasteiger partial charge on any atom is 0.0538 e. The maximum atomic E-state index is 4.10. The molecule has 1 nitrogen and oxygen atoms in total. The van der Waals surface area contributed by atoms with Crippen molar-refractivity contribution in [3.63, 3.8) is 0 Å². The molecule has 0 saturated carbocycles. The van der Waals surface area contributed by atoms with E-state index in [4.69, 9.17) is 0 Å². The molecule has 0 saturated heterocycles. The Morgan fingerprint density at radius 1 is 1.00 bits per heavy atom. The molecule has 0 fully saturated rings. The first-order chi connectivity index (χ1) is 11.8. The van der Waals surface area contributed by atoms with Crippen LogP contribution in [-0.4, -0.2) is 4.57 Å². The molecule has 1 unspecified atom stereocenters. The van der Waals surface area contributed by atoms with Crippen LogP contribution in [0.4, 0.5) is 0 Å². The Bertz CT molecular complexity index is 984. The van der Waals surface area contributed by atoms with Crippen LogP contribution < -0.4 is 0 Å². The first-order valence-corrected chi connectivity index (χ1v) is 8.46. The van der Waals surface area contributed by atoms with Gasteiger partial charge in [0, 0.05) is 28.2 Å². The second-order valence-corrected chi connectivity index (χ2v) is 6.24. The van der Waals surface area contributed by atoms with Crippen molar-refractivity contribution >= 4 is 16.5 Å². The lowest BCUT2D eigenvalue weighted by atomic mass is 10.00. The Kier molecular flexibility index (Phi) is 3.50. The van der Waals surface area contributed by atoms with E-state index in [1.165, 1.54) is 39.0 Å². The first kappa shape index (κ1) is 14.8. The smallest absolute Gasteiger partial charge is 0.0538 e. The molecular weight excluding hydrogens is 290 g/mol. The second-order valence-electron chi connectivity index (χ2n) is 6.24. The van der Waals surface area contributed by atoms with E-state index in [9.17, 15) is 0 Å². The summed E-state index contributed by atoms with van der Waals surface area (Å²) in [5.41, 5.74) is 7.80. The van der Waals surface area contributed by atoms with Crippen LogP contribution in [0, 0.1) is 0 Å². The standard InChI is InChI=1S/C23H21N/c1-4-11-19-16(3)23-22(18(19)5-2)20-14-9-10-15-21(20)24(23)17-12-7-6-8-13-17/h4-16H,2H2,1,3H3/b11-4-. The van der Waals surface area contributed by atoms with Gasteiger partial charge in [0.15, 0.2) is 0 Å². The summed E-state index contributed by atoms with van der Waals surface area (Å²) in [6, 6.07) is 19.3. The third kappa shape index (κ3) is 1.94. The van der Waals surface area contributed by atoms with Crippen molar-refractivity contribution in [2.24, 2.45) is 0 Å². The molecule has 1 heteroatoms. The Labute approximate surface area is 143 Å². The average Bonchev–Trinajstić information content (AvgIpc) is 3.10. The van der Waals surface area contributed by atoms with E-state index in [0.717, 1.165) is 0 Å². The molecule has 2 aromatic carbocycles. The summed E-state index contributed by atoms with van der Waals surface area (Å²) in [6.45, 7) is 8.47. The van der Waals surface area contributed by atoms with Crippen LogP contribution in [0.1, 0.15) is 31.0 Å². The summed E-state index contributed by atoms with van der Waals surface area (Å²) < 4.78 is 2.41. The molecule has 0 aliphatic heterocycles. The molecular formula is C23H21N. The summed E-state index contributed by atoms with van der Waals surface area (Å²) in [4.78, 5) is 0. The molecule has 0 amide bonds. The molecule has 3 aromatic rings. The highest BCUT2D eigenvalue weighted by Crippen LogP contribution is 2.48. The third-order valence-corrected chi connectivity index (χ3v) is 4.93.